The number of benzene rings is 1. The Balaban J connectivity index is 1.72. The Morgan fingerprint density at radius 2 is 2.04 bits per heavy atom. The van der Waals surface area contributed by atoms with Gasteiger partial charge in [-0.3, -0.25) is 14.6 Å². The Kier molecular flexibility index (Phi) is 4.36. The molecular weight excluding hydrogens is 296 g/mol. The lowest BCUT2D eigenvalue weighted by atomic mass is 10.0. The van der Waals surface area contributed by atoms with Crippen molar-refractivity contribution < 1.29 is 4.79 Å². The van der Waals surface area contributed by atoms with E-state index in [4.69, 9.17) is 0 Å². The second kappa shape index (κ2) is 6.60. The van der Waals surface area contributed by atoms with Gasteiger partial charge in [-0.25, -0.2) is 9.89 Å². The van der Waals surface area contributed by atoms with Crippen molar-refractivity contribution in [2.75, 3.05) is 6.54 Å². The van der Waals surface area contributed by atoms with Gasteiger partial charge in [0.15, 0.2) is 0 Å². The van der Waals surface area contributed by atoms with E-state index < -0.39 is 17.2 Å². The molecule has 2 heterocycles. The molecule has 0 saturated carbocycles. The number of aromatic amines is 2. The first-order valence-electron chi connectivity index (χ1n) is 7.69. The van der Waals surface area contributed by atoms with Gasteiger partial charge in [-0.15, -0.1) is 0 Å². The molecule has 1 saturated heterocycles. The van der Waals surface area contributed by atoms with Crippen molar-refractivity contribution in [2.45, 2.75) is 31.7 Å². The van der Waals surface area contributed by atoms with Gasteiger partial charge in [0.05, 0.1) is 0 Å². The number of hydrogen-bond donors (Lipinski definition) is 2. The molecule has 1 aliphatic rings. The number of likely N-dealkylation sites (tertiary alicyclic amines) is 1. The number of amides is 1. The van der Waals surface area contributed by atoms with E-state index in [1.807, 2.05) is 23.2 Å². The zero-order valence-electron chi connectivity index (χ0n) is 12.6. The number of nitrogens with one attached hydrogen (secondary N) is 2. The maximum Gasteiger partial charge on any atom is 0.342 e. The van der Waals surface area contributed by atoms with Crippen LogP contribution in [-0.2, 0) is 6.42 Å². The van der Waals surface area contributed by atoms with Gasteiger partial charge in [0.2, 0.25) is 5.69 Å². The molecule has 1 aromatic carbocycles. The number of carbonyl (C=O) groups is 1. The number of aromatic nitrogens is 3. The standard InChI is InChI=1S/C16H18N4O3/c21-14-13(18-19-16(23)17-14)15(22)20-10-4-7-12(20)9-8-11-5-2-1-3-6-11/h1-3,5-6,12H,4,7-10H2,(H2,17,19,21,23). The fourth-order valence-electron chi connectivity index (χ4n) is 3.01. The topological polar surface area (TPSA) is 98.9 Å². The van der Waals surface area contributed by atoms with E-state index in [0.29, 0.717) is 6.54 Å². The lowest BCUT2D eigenvalue weighted by Crippen LogP contribution is -2.41. The minimum absolute atomic E-state index is 0.0934. The summed E-state index contributed by atoms with van der Waals surface area (Å²) in [6, 6.07) is 10.2. The van der Waals surface area contributed by atoms with Crippen molar-refractivity contribution in [1.82, 2.24) is 20.1 Å². The molecule has 3 rings (SSSR count). The number of rotatable bonds is 4. The predicted molar refractivity (Wildman–Crippen MR) is 84.3 cm³/mol. The average Bonchev–Trinajstić information content (AvgIpc) is 3.02. The highest BCUT2D eigenvalue weighted by atomic mass is 16.2. The van der Waals surface area contributed by atoms with E-state index in [1.54, 1.807) is 4.90 Å². The number of aryl methyl sites for hydroxylation is 1. The molecule has 1 atom stereocenters. The Hall–Kier alpha value is -2.70. The number of H-pyrrole nitrogens is 2. The third-order valence-corrected chi connectivity index (χ3v) is 4.16. The summed E-state index contributed by atoms with van der Waals surface area (Å²) in [5.41, 5.74) is -0.482. The molecule has 0 aliphatic carbocycles. The molecule has 1 aliphatic heterocycles. The highest BCUT2D eigenvalue weighted by Crippen LogP contribution is 2.22. The van der Waals surface area contributed by atoms with Gasteiger partial charge in [0, 0.05) is 12.6 Å². The molecule has 0 bridgehead atoms. The highest BCUT2D eigenvalue weighted by Gasteiger charge is 2.31. The summed E-state index contributed by atoms with van der Waals surface area (Å²) in [7, 11) is 0. The summed E-state index contributed by atoms with van der Waals surface area (Å²) >= 11 is 0. The first kappa shape index (κ1) is 15.2. The first-order valence-corrected chi connectivity index (χ1v) is 7.69. The van der Waals surface area contributed by atoms with Gasteiger partial charge in [0.25, 0.3) is 11.5 Å². The van der Waals surface area contributed by atoms with Gasteiger partial charge < -0.3 is 4.90 Å². The maximum atomic E-state index is 12.5. The molecule has 0 radical (unpaired) electrons. The summed E-state index contributed by atoms with van der Waals surface area (Å²) in [5, 5.41) is 5.71. The van der Waals surface area contributed by atoms with Gasteiger partial charge in [-0.2, -0.15) is 5.10 Å². The van der Waals surface area contributed by atoms with E-state index in [2.05, 4.69) is 22.3 Å². The van der Waals surface area contributed by atoms with Crippen molar-refractivity contribution >= 4 is 5.91 Å². The van der Waals surface area contributed by atoms with Crippen LogP contribution in [0.5, 0.6) is 0 Å². The molecule has 2 aromatic rings. The molecular formula is C16H18N4O3. The molecule has 1 amide bonds. The zero-order chi connectivity index (χ0) is 16.2. The number of carbonyl (C=O) groups excluding carboxylic acids is 1. The van der Waals surface area contributed by atoms with E-state index in [1.165, 1.54) is 5.56 Å². The Bertz CT molecular complexity index is 797. The lowest BCUT2D eigenvalue weighted by Gasteiger charge is -2.24. The molecule has 7 nitrogen and oxygen atoms in total. The Labute approximate surface area is 132 Å². The van der Waals surface area contributed by atoms with Crippen LogP contribution in [0.2, 0.25) is 0 Å². The van der Waals surface area contributed by atoms with Gasteiger partial charge in [-0.1, -0.05) is 30.3 Å². The smallest absolute Gasteiger partial charge is 0.334 e. The molecule has 0 spiro atoms. The molecule has 1 unspecified atom stereocenters. The predicted octanol–water partition coefficient (Wildman–Crippen LogP) is 0.696. The minimum Gasteiger partial charge on any atom is -0.334 e. The Morgan fingerprint density at radius 3 is 2.78 bits per heavy atom. The SMILES string of the molecule is O=C(c1n[nH]c(=O)[nH]c1=O)N1CCCC1CCc1ccccc1. The van der Waals surface area contributed by atoms with Gasteiger partial charge in [-0.05, 0) is 31.2 Å². The van der Waals surface area contributed by atoms with Crippen LogP contribution in [0, 0.1) is 0 Å². The summed E-state index contributed by atoms with van der Waals surface area (Å²) < 4.78 is 0. The number of nitrogens with zero attached hydrogens (tertiary/aromatic N) is 2. The second-order valence-electron chi connectivity index (χ2n) is 5.67. The van der Waals surface area contributed by atoms with E-state index in [9.17, 15) is 14.4 Å². The molecule has 7 heteroatoms. The lowest BCUT2D eigenvalue weighted by molar-refractivity contribution is 0.0721. The summed E-state index contributed by atoms with van der Waals surface area (Å²) in [6.45, 7) is 0.610. The van der Waals surface area contributed by atoms with Gasteiger partial charge in [0.1, 0.15) is 0 Å². The zero-order valence-corrected chi connectivity index (χ0v) is 12.6. The van der Waals surface area contributed by atoms with E-state index in [-0.39, 0.29) is 11.7 Å². The van der Waals surface area contributed by atoms with E-state index in [0.717, 1.165) is 25.7 Å². The molecule has 2 N–H and O–H groups in total. The fourth-order valence-corrected chi connectivity index (χ4v) is 3.01. The third-order valence-electron chi connectivity index (χ3n) is 4.16. The number of hydrogen-bond acceptors (Lipinski definition) is 4. The van der Waals surface area contributed by atoms with E-state index >= 15 is 0 Å². The fraction of sp³-hybridized carbons (Fsp3) is 0.375. The molecule has 120 valence electrons. The van der Waals surface area contributed by atoms with Crippen molar-refractivity contribution in [3.05, 3.63) is 62.4 Å². The van der Waals surface area contributed by atoms with Crippen LogP contribution in [0.4, 0.5) is 0 Å². The minimum atomic E-state index is -0.743. The van der Waals surface area contributed by atoms with Crippen molar-refractivity contribution in [1.29, 1.82) is 0 Å². The van der Waals surface area contributed by atoms with Crippen molar-refractivity contribution in [3.63, 3.8) is 0 Å². The van der Waals surface area contributed by atoms with Crippen LogP contribution in [-0.4, -0.2) is 38.6 Å². The van der Waals surface area contributed by atoms with Crippen LogP contribution in [0.3, 0.4) is 0 Å². The normalized spacial score (nSPS) is 17.4. The monoisotopic (exact) mass is 314 g/mol. The summed E-state index contributed by atoms with van der Waals surface area (Å²) in [5.74, 6) is -0.418. The maximum absolute atomic E-state index is 12.5. The summed E-state index contributed by atoms with van der Waals surface area (Å²) in [4.78, 5) is 39.0. The Morgan fingerprint density at radius 1 is 1.26 bits per heavy atom. The van der Waals surface area contributed by atoms with Crippen molar-refractivity contribution in [2.24, 2.45) is 0 Å². The summed E-state index contributed by atoms with van der Waals surface area (Å²) in [6.07, 6.45) is 3.55. The molecule has 1 aromatic heterocycles. The first-order chi connectivity index (χ1) is 11.1. The van der Waals surface area contributed by atoms with Gasteiger partial charge >= 0.3 is 5.69 Å². The largest absolute Gasteiger partial charge is 0.342 e. The average molecular weight is 314 g/mol. The van der Waals surface area contributed by atoms with Crippen LogP contribution in [0.15, 0.2) is 39.9 Å². The van der Waals surface area contributed by atoms with Crippen LogP contribution in [0.1, 0.15) is 35.3 Å². The highest BCUT2D eigenvalue weighted by molar-refractivity contribution is 5.92. The van der Waals surface area contributed by atoms with Crippen LogP contribution < -0.4 is 11.2 Å². The van der Waals surface area contributed by atoms with Crippen LogP contribution in [0.25, 0.3) is 0 Å². The van der Waals surface area contributed by atoms with Crippen LogP contribution >= 0.6 is 0 Å². The molecule has 1 fully saturated rings. The van der Waals surface area contributed by atoms with Crippen molar-refractivity contribution in [3.8, 4) is 0 Å². The molecule has 23 heavy (non-hydrogen) atoms. The quantitative estimate of drug-likeness (QED) is 0.867. The second-order valence-corrected chi connectivity index (χ2v) is 5.67. The third kappa shape index (κ3) is 3.39.